The van der Waals surface area contributed by atoms with Crippen molar-refractivity contribution in [1.29, 1.82) is 0 Å². The van der Waals surface area contributed by atoms with Gasteiger partial charge in [-0.15, -0.1) is 0 Å². The summed E-state index contributed by atoms with van der Waals surface area (Å²) in [6.45, 7) is 0.0955. The Hall–Kier alpha value is -3.93. The molecule has 0 spiro atoms. The molecular formula is C32H37N3O3. The Balaban J connectivity index is 1.41. The van der Waals surface area contributed by atoms with Crippen LogP contribution in [0.4, 0.5) is 0 Å². The number of rotatable bonds is 11. The first kappa shape index (κ1) is 27.1. The maximum atomic E-state index is 13.2. The van der Waals surface area contributed by atoms with Gasteiger partial charge in [-0.05, 0) is 29.5 Å². The van der Waals surface area contributed by atoms with Crippen LogP contribution in [0.2, 0.25) is 0 Å². The molecule has 0 heterocycles. The third-order valence-corrected chi connectivity index (χ3v) is 7.10. The van der Waals surface area contributed by atoms with E-state index in [2.05, 4.69) is 34.9 Å². The van der Waals surface area contributed by atoms with E-state index in [0.717, 1.165) is 42.4 Å². The number of benzene rings is 3. The molecule has 1 saturated carbocycles. The average molecular weight is 512 g/mol. The Bertz CT molecular complexity index is 1120. The summed E-state index contributed by atoms with van der Waals surface area (Å²) in [6.07, 6.45) is 5.47. The molecule has 0 radical (unpaired) electrons. The highest BCUT2D eigenvalue weighted by molar-refractivity contribution is 5.90. The first-order chi connectivity index (χ1) is 18.6. The molecule has 198 valence electrons. The Labute approximate surface area is 225 Å². The van der Waals surface area contributed by atoms with Crippen LogP contribution in [0.3, 0.4) is 0 Å². The van der Waals surface area contributed by atoms with Gasteiger partial charge in [-0.2, -0.15) is 0 Å². The maximum absolute atomic E-state index is 13.2. The lowest BCUT2D eigenvalue weighted by Crippen LogP contribution is -2.48. The molecule has 0 unspecified atom stereocenters. The summed E-state index contributed by atoms with van der Waals surface area (Å²) in [7, 11) is 0. The lowest BCUT2D eigenvalue weighted by atomic mass is 9.91. The van der Waals surface area contributed by atoms with E-state index in [4.69, 9.17) is 0 Å². The quantitative estimate of drug-likeness (QED) is 0.399. The van der Waals surface area contributed by atoms with Crippen molar-refractivity contribution in [3.05, 3.63) is 108 Å². The molecule has 0 atom stereocenters. The van der Waals surface area contributed by atoms with Crippen LogP contribution in [0.5, 0.6) is 0 Å². The van der Waals surface area contributed by atoms with Gasteiger partial charge in [0.05, 0.1) is 6.42 Å². The zero-order valence-electron chi connectivity index (χ0n) is 21.9. The van der Waals surface area contributed by atoms with Gasteiger partial charge in [0, 0.05) is 18.5 Å². The highest BCUT2D eigenvalue weighted by Crippen LogP contribution is 2.23. The lowest BCUT2D eigenvalue weighted by molar-refractivity contribution is -0.139. The van der Waals surface area contributed by atoms with Gasteiger partial charge >= 0.3 is 0 Å². The van der Waals surface area contributed by atoms with Gasteiger partial charge < -0.3 is 15.5 Å². The molecule has 3 aromatic rings. The number of hydrogen-bond donors (Lipinski definition) is 2. The molecule has 1 aliphatic carbocycles. The summed E-state index contributed by atoms with van der Waals surface area (Å²) < 4.78 is 0. The minimum Gasteiger partial charge on any atom is -0.354 e. The molecular weight excluding hydrogens is 474 g/mol. The summed E-state index contributed by atoms with van der Waals surface area (Å²) in [4.78, 5) is 40.6. The summed E-state index contributed by atoms with van der Waals surface area (Å²) >= 11 is 0. The van der Waals surface area contributed by atoms with Crippen molar-refractivity contribution in [2.24, 2.45) is 0 Å². The third-order valence-electron chi connectivity index (χ3n) is 7.10. The van der Waals surface area contributed by atoms with Crippen molar-refractivity contribution < 1.29 is 14.4 Å². The van der Waals surface area contributed by atoms with E-state index in [1.165, 1.54) is 11.3 Å². The predicted octanol–water partition coefficient (Wildman–Crippen LogP) is 4.45. The van der Waals surface area contributed by atoms with Gasteiger partial charge in [-0.25, -0.2) is 0 Å². The zero-order valence-corrected chi connectivity index (χ0v) is 21.9. The van der Waals surface area contributed by atoms with Gasteiger partial charge in [-0.3, -0.25) is 14.4 Å². The average Bonchev–Trinajstić information content (AvgIpc) is 2.95. The Morgan fingerprint density at radius 3 is 1.82 bits per heavy atom. The number of amides is 3. The summed E-state index contributed by atoms with van der Waals surface area (Å²) in [5, 5.41) is 6.09. The molecule has 0 aromatic heterocycles. The molecule has 4 rings (SSSR count). The lowest BCUT2D eigenvalue weighted by Gasteiger charge is -2.26. The second kappa shape index (κ2) is 14.1. The Morgan fingerprint density at radius 2 is 1.24 bits per heavy atom. The fourth-order valence-electron chi connectivity index (χ4n) is 5.05. The van der Waals surface area contributed by atoms with Crippen LogP contribution in [0.15, 0.2) is 91.0 Å². The van der Waals surface area contributed by atoms with Crippen molar-refractivity contribution in [3.63, 3.8) is 0 Å². The van der Waals surface area contributed by atoms with Crippen molar-refractivity contribution in [2.75, 3.05) is 19.6 Å². The Morgan fingerprint density at radius 1 is 0.711 bits per heavy atom. The highest BCUT2D eigenvalue weighted by atomic mass is 16.2. The van der Waals surface area contributed by atoms with Gasteiger partial charge in [0.25, 0.3) is 0 Å². The van der Waals surface area contributed by atoms with Crippen molar-refractivity contribution in [1.82, 2.24) is 15.5 Å². The van der Waals surface area contributed by atoms with Gasteiger partial charge in [0.2, 0.25) is 17.7 Å². The molecule has 6 nitrogen and oxygen atoms in total. The molecule has 3 amide bonds. The standard InChI is InChI=1S/C32H37N3O3/c36-30(33-22-29(26-15-7-2-8-16-26)27-17-9-3-10-18-27)23-35(32(38)21-25-13-5-1-6-14-25)24-31(37)34-28-19-11-4-12-20-28/h1-3,5-10,13-18,28-29H,4,11-12,19-24H2,(H,33,36)(H,34,37). The van der Waals surface area contributed by atoms with Gasteiger partial charge in [0.1, 0.15) is 13.1 Å². The largest absolute Gasteiger partial charge is 0.354 e. The number of nitrogens with zero attached hydrogens (tertiary/aromatic N) is 1. The fourth-order valence-corrected chi connectivity index (χ4v) is 5.05. The van der Waals surface area contributed by atoms with Crippen molar-refractivity contribution >= 4 is 17.7 Å². The van der Waals surface area contributed by atoms with E-state index in [-0.39, 0.29) is 49.2 Å². The predicted molar refractivity (Wildman–Crippen MR) is 149 cm³/mol. The monoisotopic (exact) mass is 511 g/mol. The molecule has 0 aliphatic heterocycles. The smallest absolute Gasteiger partial charge is 0.239 e. The molecule has 0 bridgehead atoms. The SMILES string of the molecule is O=C(CN(CC(=O)NC1CCCCC1)C(=O)Cc1ccccc1)NCC(c1ccccc1)c1ccccc1. The summed E-state index contributed by atoms with van der Waals surface area (Å²) in [6, 6.07) is 29.7. The number of nitrogens with one attached hydrogen (secondary N) is 2. The molecule has 1 aliphatic rings. The summed E-state index contributed by atoms with van der Waals surface area (Å²) in [5.41, 5.74) is 3.05. The molecule has 3 aromatic carbocycles. The minimum atomic E-state index is -0.284. The van der Waals surface area contributed by atoms with Crippen LogP contribution in [0, 0.1) is 0 Å². The van der Waals surface area contributed by atoms with Crippen LogP contribution in [0.1, 0.15) is 54.7 Å². The van der Waals surface area contributed by atoms with Crippen LogP contribution in [0.25, 0.3) is 0 Å². The van der Waals surface area contributed by atoms with Crippen LogP contribution in [-0.2, 0) is 20.8 Å². The Kier molecular flexibility index (Phi) is 10.1. The number of hydrogen-bond acceptors (Lipinski definition) is 3. The zero-order chi connectivity index (χ0) is 26.6. The van der Waals surface area contributed by atoms with Crippen LogP contribution in [-0.4, -0.2) is 48.3 Å². The number of carbonyl (C=O) groups is 3. The first-order valence-electron chi connectivity index (χ1n) is 13.6. The minimum absolute atomic E-state index is 0.0237. The van der Waals surface area contributed by atoms with E-state index < -0.39 is 0 Å². The third kappa shape index (κ3) is 8.30. The van der Waals surface area contributed by atoms with Crippen molar-refractivity contribution in [2.45, 2.75) is 50.5 Å². The van der Waals surface area contributed by atoms with E-state index in [1.807, 2.05) is 66.7 Å². The molecule has 0 saturated heterocycles. The fraction of sp³-hybridized carbons (Fsp3) is 0.344. The van der Waals surface area contributed by atoms with E-state index in [9.17, 15) is 14.4 Å². The number of carbonyl (C=O) groups excluding carboxylic acids is 3. The molecule has 6 heteroatoms. The van der Waals surface area contributed by atoms with E-state index >= 15 is 0 Å². The normalized spacial score (nSPS) is 13.6. The molecule has 1 fully saturated rings. The first-order valence-corrected chi connectivity index (χ1v) is 13.6. The van der Waals surface area contributed by atoms with E-state index in [1.54, 1.807) is 0 Å². The van der Waals surface area contributed by atoms with Crippen molar-refractivity contribution in [3.8, 4) is 0 Å². The highest BCUT2D eigenvalue weighted by Gasteiger charge is 2.23. The topological polar surface area (TPSA) is 78.5 Å². The molecule has 2 N–H and O–H groups in total. The van der Waals surface area contributed by atoms with Crippen LogP contribution >= 0.6 is 0 Å². The maximum Gasteiger partial charge on any atom is 0.239 e. The second-order valence-electron chi connectivity index (χ2n) is 9.99. The molecule has 38 heavy (non-hydrogen) atoms. The van der Waals surface area contributed by atoms with Gasteiger partial charge in [-0.1, -0.05) is 110 Å². The van der Waals surface area contributed by atoms with Crippen LogP contribution < -0.4 is 10.6 Å². The van der Waals surface area contributed by atoms with E-state index in [0.29, 0.717) is 6.54 Å². The van der Waals surface area contributed by atoms with Gasteiger partial charge in [0.15, 0.2) is 0 Å². The summed E-state index contributed by atoms with van der Waals surface area (Å²) in [5.74, 6) is -0.761. The second-order valence-corrected chi connectivity index (χ2v) is 9.99.